The van der Waals surface area contributed by atoms with E-state index in [4.69, 9.17) is 17.3 Å². The van der Waals surface area contributed by atoms with Crippen LogP contribution in [-0.4, -0.2) is 16.8 Å². The topological polar surface area (TPSA) is 85.1 Å². The third-order valence-electron chi connectivity index (χ3n) is 2.72. The highest BCUT2D eigenvalue weighted by molar-refractivity contribution is 7.21. The maximum Gasteiger partial charge on any atom is 0.269 e. The number of benzene rings is 1. The van der Waals surface area contributed by atoms with Crippen molar-refractivity contribution in [3.8, 4) is 0 Å². The number of nitrogens with zero attached hydrogens (tertiary/aromatic N) is 1. The zero-order valence-electron chi connectivity index (χ0n) is 10.4. The Kier molecular flexibility index (Phi) is 3.62. The Bertz CT molecular complexity index is 856. The van der Waals surface area contributed by atoms with Crippen molar-refractivity contribution in [1.82, 2.24) is 4.98 Å². The van der Waals surface area contributed by atoms with Gasteiger partial charge in [0.15, 0.2) is 5.13 Å². The van der Waals surface area contributed by atoms with Crippen molar-refractivity contribution in [3.63, 3.8) is 0 Å². The Morgan fingerprint density at radius 2 is 2.05 bits per heavy atom. The van der Waals surface area contributed by atoms with E-state index in [9.17, 15) is 9.59 Å². The Labute approximate surface area is 132 Å². The number of anilines is 1. The molecule has 106 valence electrons. The predicted octanol–water partition coefficient (Wildman–Crippen LogP) is 3.36. The van der Waals surface area contributed by atoms with E-state index in [1.54, 1.807) is 0 Å². The van der Waals surface area contributed by atoms with Crippen molar-refractivity contribution in [2.45, 2.75) is 0 Å². The molecule has 0 saturated heterocycles. The lowest BCUT2D eigenvalue weighted by Crippen LogP contribution is -2.13. The van der Waals surface area contributed by atoms with Gasteiger partial charge in [-0.2, -0.15) is 0 Å². The van der Waals surface area contributed by atoms with E-state index in [-0.39, 0.29) is 11.6 Å². The van der Waals surface area contributed by atoms with Crippen LogP contribution in [0.4, 0.5) is 5.13 Å². The number of thiazole rings is 1. The number of halogens is 1. The first kappa shape index (κ1) is 14.0. The molecule has 0 radical (unpaired) electrons. The minimum Gasteiger partial charge on any atom is -0.364 e. The van der Waals surface area contributed by atoms with Crippen molar-refractivity contribution in [1.29, 1.82) is 0 Å². The van der Waals surface area contributed by atoms with E-state index in [2.05, 4.69) is 10.3 Å². The molecule has 3 N–H and O–H groups in total. The zero-order valence-corrected chi connectivity index (χ0v) is 12.8. The molecule has 0 aliphatic carbocycles. The van der Waals surface area contributed by atoms with Gasteiger partial charge in [0.05, 0.1) is 5.02 Å². The van der Waals surface area contributed by atoms with Gasteiger partial charge in [-0.05, 0) is 6.07 Å². The van der Waals surface area contributed by atoms with E-state index in [1.165, 1.54) is 16.7 Å². The lowest BCUT2D eigenvalue weighted by atomic mass is 10.2. The maximum absolute atomic E-state index is 12.2. The van der Waals surface area contributed by atoms with E-state index in [0.29, 0.717) is 15.0 Å². The highest BCUT2D eigenvalue weighted by atomic mass is 35.5. The third-order valence-corrected chi connectivity index (χ3v) is 5.15. The van der Waals surface area contributed by atoms with Crippen LogP contribution in [0.25, 0.3) is 10.1 Å². The number of nitrogens with one attached hydrogen (secondary N) is 1. The molecule has 3 aromatic rings. The summed E-state index contributed by atoms with van der Waals surface area (Å²) in [5.74, 6) is -0.988. The number of aromatic nitrogens is 1. The average Bonchev–Trinajstić information content (AvgIpc) is 3.05. The van der Waals surface area contributed by atoms with Crippen LogP contribution in [0.5, 0.6) is 0 Å². The number of rotatable bonds is 3. The van der Waals surface area contributed by atoms with Gasteiger partial charge in [-0.25, -0.2) is 4.98 Å². The van der Waals surface area contributed by atoms with Crippen molar-refractivity contribution in [2.24, 2.45) is 5.73 Å². The van der Waals surface area contributed by atoms with Gasteiger partial charge in [0, 0.05) is 15.5 Å². The van der Waals surface area contributed by atoms with E-state index < -0.39 is 5.91 Å². The van der Waals surface area contributed by atoms with Gasteiger partial charge in [0.2, 0.25) is 0 Å². The Hall–Kier alpha value is -1.96. The molecule has 0 bridgehead atoms. The van der Waals surface area contributed by atoms with Gasteiger partial charge < -0.3 is 5.73 Å². The SMILES string of the molecule is NC(=O)c1csc(NC(=O)c2sc3ccccc3c2Cl)n1. The summed E-state index contributed by atoms with van der Waals surface area (Å²) in [6, 6.07) is 7.51. The fraction of sp³-hybridized carbons (Fsp3) is 0. The second-order valence-corrected chi connectivity index (χ2v) is 6.39. The molecule has 0 unspecified atom stereocenters. The summed E-state index contributed by atoms with van der Waals surface area (Å²) in [6.07, 6.45) is 0. The quantitative estimate of drug-likeness (QED) is 0.768. The molecule has 0 aliphatic rings. The molecular weight excluding hydrogens is 330 g/mol. The van der Waals surface area contributed by atoms with Crippen LogP contribution >= 0.6 is 34.3 Å². The number of hydrogen-bond donors (Lipinski definition) is 2. The maximum atomic E-state index is 12.2. The monoisotopic (exact) mass is 337 g/mol. The number of carbonyl (C=O) groups is 2. The number of primary amides is 1. The zero-order chi connectivity index (χ0) is 15.0. The van der Waals surface area contributed by atoms with Gasteiger partial charge in [0.1, 0.15) is 10.6 Å². The minimum absolute atomic E-state index is 0.123. The molecule has 1 aromatic carbocycles. The second-order valence-electron chi connectivity index (χ2n) is 4.10. The van der Waals surface area contributed by atoms with Crippen LogP contribution in [0.1, 0.15) is 20.2 Å². The van der Waals surface area contributed by atoms with Crippen LogP contribution in [0.3, 0.4) is 0 Å². The van der Waals surface area contributed by atoms with Gasteiger partial charge in [-0.3, -0.25) is 14.9 Å². The fourth-order valence-electron chi connectivity index (χ4n) is 1.76. The summed E-state index contributed by atoms with van der Waals surface area (Å²) in [4.78, 5) is 27.6. The molecule has 21 heavy (non-hydrogen) atoms. The first-order valence-electron chi connectivity index (χ1n) is 5.80. The number of amides is 2. The van der Waals surface area contributed by atoms with Crippen LogP contribution < -0.4 is 11.1 Å². The number of fused-ring (bicyclic) bond motifs is 1. The summed E-state index contributed by atoms with van der Waals surface area (Å²) >= 11 is 8.67. The molecule has 5 nitrogen and oxygen atoms in total. The second kappa shape index (κ2) is 5.44. The Morgan fingerprint density at radius 1 is 1.29 bits per heavy atom. The molecule has 0 atom stereocenters. The first-order chi connectivity index (χ1) is 10.1. The number of hydrogen-bond acceptors (Lipinski definition) is 5. The number of thiophene rings is 1. The number of carbonyl (C=O) groups excluding carboxylic acids is 2. The highest BCUT2D eigenvalue weighted by Gasteiger charge is 2.18. The van der Waals surface area contributed by atoms with E-state index in [1.807, 2.05) is 24.3 Å². The fourth-order valence-corrected chi connectivity index (χ4v) is 3.87. The molecule has 2 amide bonds. The van der Waals surface area contributed by atoms with Gasteiger partial charge >= 0.3 is 0 Å². The predicted molar refractivity (Wildman–Crippen MR) is 85.4 cm³/mol. The molecular formula is C13H8ClN3O2S2. The summed E-state index contributed by atoms with van der Waals surface area (Å²) in [7, 11) is 0. The minimum atomic E-state index is -0.633. The molecule has 0 fully saturated rings. The lowest BCUT2D eigenvalue weighted by Gasteiger charge is -1.99. The Morgan fingerprint density at radius 3 is 2.71 bits per heavy atom. The van der Waals surface area contributed by atoms with Crippen molar-refractivity contribution in [3.05, 3.63) is 45.2 Å². The van der Waals surface area contributed by atoms with E-state index in [0.717, 1.165) is 21.4 Å². The summed E-state index contributed by atoms with van der Waals surface area (Å²) in [6.45, 7) is 0. The molecule has 2 heterocycles. The van der Waals surface area contributed by atoms with Crippen LogP contribution in [0.2, 0.25) is 5.02 Å². The normalized spacial score (nSPS) is 10.7. The Balaban J connectivity index is 1.89. The van der Waals surface area contributed by atoms with Gasteiger partial charge in [0.25, 0.3) is 11.8 Å². The number of nitrogens with two attached hydrogens (primary N) is 1. The molecule has 2 aromatic heterocycles. The molecule has 0 aliphatic heterocycles. The molecule has 0 spiro atoms. The van der Waals surface area contributed by atoms with Crippen molar-refractivity contribution >= 4 is 61.3 Å². The van der Waals surface area contributed by atoms with Gasteiger partial charge in [-0.15, -0.1) is 22.7 Å². The third kappa shape index (κ3) is 2.63. The standard InChI is InChI=1S/C13H8ClN3O2S2/c14-9-6-3-1-2-4-8(6)21-10(9)12(19)17-13-16-7(5-20-13)11(15)18/h1-5H,(H2,15,18)(H,16,17,19). The van der Waals surface area contributed by atoms with E-state index >= 15 is 0 Å². The summed E-state index contributed by atoms with van der Waals surface area (Å²) in [5, 5.41) is 5.68. The van der Waals surface area contributed by atoms with Crippen LogP contribution in [0.15, 0.2) is 29.6 Å². The summed E-state index contributed by atoms with van der Waals surface area (Å²) in [5.41, 5.74) is 5.24. The average molecular weight is 338 g/mol. The molecule has 8 heteroatoms. The molecule has 0 saturated carbocycles. The lowest BCUT2D eigenvalue weighted by molar-refractivity contribution is 0.0992. The van der Waals surface area contributed by atoms with Crippen molar-refractivity contribution in [2.75, 3.05) is 5.32 Å². The largest absolute Gasteiger partial charge is 0.364 e. The molecule has 3 rings (SSSR count). The summed E-state index contributed by atoms with van der Waals surface area (Å²) < 4.78 is 0.935. The first-order valence-corrected chi connectivity index (χ1v) is 7.87. The smallest absolute Gasteiger partial charge is 0.269 e. The van der Waals surface area contributed by atoms with Crippen molar-refractivity contribution < 1.29 is 9.59 Å². The highest BCUT2D eigenvalue weighted by Crippen LogP contribution is 2.35. The van der Waals surface area contributed by atoms with Crippen LogP contribution in [-0.2, 0) is 0 Å². The van der Waals surface area contributed by atoms with Gasteiger partial charge in [-0.1, -0.05) is 29.8 Å². The van der Waals surface area contributed by atoms with Crippen LogP contribution in [0, 0.1) is 0 Å².